The van der Waals surface area contributed by atoms with E-state index in [0.717, 1.165) is 33.6 Å². The van der Waals surface area contributed by atoms with Crippen LogP contribution in [0.5, 0.6) is 5.88 Å². The van der Waals surface area contributed by atoms with Crippen LogP contribution in [-0.4, -0.2) is 14.9 Å². The SMILES string of the molecule is Cc1ccc(-c2c(-c3cccc(C)c3)nn(-c3ccc(C)c(C)c3)c2O)cc1. The molecule has 4 rings (SSSR count). The van der Waals surface area contributed by atoms with E-state index in [1.165, 1.54) is 16.7 Å². The van der Waals surface area contributed by atoms with Gasteiger partial charge in [-0.2, -0.15) is 5.10 Å². The van der Waals surface area contributed by atoms with Crippen molar-refractivity contribution in [1.82, 2.24) is 9.78 Å². The summed E-state index contributed by atoms with van der Waals surface area (Å²) < 4.78 is 1.64. The monoisotopic (exact) mass is 368 g/mol. The molecule has 0 aliphatic carbocycles. The first-order valence-electron chi connectivity index (χ1n) is 9.48. The van der Waals surface area contributed by atoms with Gasteiger partial charge in [0.15, 0.2) is 0 Å². The predicted molar refractivity (Wildman–Crippen MR) is 115 cm³/mol. The first-order valence-corrected chi connectivity index (χ1v) is 9.48. The molecule has 0 aliphatic heterocycles. The van der Waals surface area contributed by atoms with Crippen LogP contribution < -0.4 is 0 Å². The molecule has 0 spiro atoms. The molecule has 0 fully saturated rings. The van der Waals surface area contributed by atoms with Gasteiger partial charge in [-0.15, -0.1) is 0 Å². The molecule has 1 aromatic heterocycles. The number of aromatic nitrogens is 2. The Hall–Kier alpha value is -3.33. The first kappa shape index (κ1) is 18.1. The molecule has 0 saturated carbocycles. The summed E-state index contributed by atoms with van der Waals surface area (Å²) in [7, 11) is 0. The second-order valence-electron chi connectivity index (χ2n) is 7.46. The third-order valence-electron chi connectivity index (χ3n) is 5.23. The Morgan fingerprint density at radius 3 is 2.14 bits per heavy atom. The zero-order chi connectivity index (χ0) is 19.8. The molecule has 0 aliphatic rings. The summed E-state index contributed by atoms with van der Waals surface area (Å²) in [4.78, 5) is 0. The standard InChI is InChI=1S/C25H24N2O/c1-16-8-11-20(12-9-16)23-24(21-7-5-6-17(2)14-21)26-27(25(23)28)22-13-10-18(3)19(4)15-22/h5-15,28H,1-4H3. The van der Waals surface area contributed by atoms with E-state index in [9.17, 15) is 5.11 Å². The number of hydrogen-bond donors (Lipinski definition) is 1. The third kappa shape index (κ3) is 3.20. The average Bonchev–Trinajstić information content (AvgIpc) is 3.02. The van der Waals surface area contributed by atoms with Gasteiger partial charge in [0.05, 0.1) is 11.3 Å². The van der Waals surface area contributed by atoms with Crippen molar-refractivity contribution in [3.05, 3.63) is 89.0 Å². The van der Waals surface area contributed by atoms with Crippen molar-refractivity contribution in [3.8, 4) is 34.0 Å². The Labute approximate surface area is 165 Å². The second kappa shape index (κ2) is 7.01. The number of hydrogen-bond acceptors (Lipinski definition) is 2. The van der Waals surface area contributed by atoms with Crippen LogP contribution in [0.25, 0.3) is 28.1 Å². The van der Waals surface area contributed by atoms with Crippen LogP contribution in [0.15, 0.2) is 66.7 Å². The fourth-order valence-electron chi connectivity index (χ4n) is 3.43. The van der Waals surface area contributed by atoms with E-state index in [4.69, 9.17) is 5.10 Å². The van der Waals surface area contributed by atoms with Crippen molar-refractivity contribution >= 4 is 0 Å². The highest BCUT2D eigenvalue weighted by Crippen LogP contribution is 2.40. The Kier molecular flexibility index (Phi) is 4.52. The van der Waals surface area contributed by atoms with Gasteiger partial charge in [-0.1, -0.05) is 59.7 Å². The minimum atomic E-state index is 0.156. The largest absolute Gasteiger partial charge is 0.493 e. The van der Waals surface area contributed by atoms with Crippen LogP contribution >= 0.6 is 0 Å². The normalized spacial score (nSPS) is 11.0. The lowest BCUT2D eigenvalue weighted by atomic mass is 9.99. The number of aryl methyl sites for hydroxylation is 4. The maximum absolute atomic E-state index is 11.2. The zero-order valence-corrected chi connectivity index (χ0v) is 16.7. The topological polar surface area (TPSA) is 38.0 Å². The minimum Gasteiger partial charge on any atom is -0.493 e. The van der Waals surface area contributed by atoms with Crippen LogP contribution in [0.2, 0.25) is 0 Å². The summed E-state index contributed by atoms with van der Waals surface area (Å²) >= 11 is 0. The Balaban J connectivity index is 1.98. The van der Waals surface area contributed by atoms with Crippen molar-refractivity contribution in [3.63, 3.8) is 0 Å². The maximum atomic E-state index is 11.2. The quantitative estimate of drug-likeness (QED) is 0.471. The van der Waals surface area contributed by atoms with Gasteiger partial charge in [-0.3, -0.25) is 0 Å². The molecule has 0 bridgehead atoms. The summed E-state index contributed by atoms with van der Waals surface area (Å²) in [5, 5.41) is 16.0. The van der Waals surface area contributed by atoms with Crippen LogP contribution in [-0.2, 0) is 0 Å². The lowest BCUT2D eigenvalue weighted by Crippen LogP contribution is -1.97. The number of benzene rings is 3. The van der Waals surface area contributed by atoms with Gasteiger partial charge in [-0.05, 0) is 62.6 Å². The van der Waals surface area contributed by atoms with Crippen molar-refractivity contribution in [2.75, 3.05) is 0 Å². The van der Waals surface area contributed by atoms with E-state index < -0.39 is 0 Å². The van der Waals surface area contributed by atoms with Gasteiger partial charge in [0.1, 0.15) is 5.69 Å². The molecule has 3 aromatic carbocycles. The van der Waals surface area contributed by atoms with Crippen molar-refractivity contribution in [2.45, 2.75) is 27.7 Å². The zero-order valence-electron chi connectivity index (χ0n) is 16.7. The molecule has 1 heterocycles. The van der Waals surface area contributed by atoms with Crippen molar-refractivity contribution in [1.29, 1.82) is 0 Å². The molecule has 0 radical (unpaired) electrons. The maximum Gasteiger partial charge on any atom is 0.222 e. The Bertz CT molecular complexity index is 1150. The Morgan fingerprint density at radius 1 is 0.714 bits per heavy atom. The smallest absolute Gasteiger partial charge is 0.222 e. The van der Waals surface area contributed by atoms with Crippen LogP contribution in [0.4, 0.5) is 0 Å². The van der Waals surface area contributed by atoms with Gasteiger partial charge >= 0.3 is 0 Å². The highest BCUT2D eigenvalue weighted by atomic mass is 16.3. The number of aromatic hydroxyl groups is 1. The van der Waals surface area contributed by atoms with E-state index in [2.05, 4.69) is 64.1 Å². The summed E-state index contributed by atoms with van der Waals surface area (Å²) in [6, 6.07) is 22.5. The van der Waals surface area contributed by atoms with E-state index in [0.29, 0.717) is 0 Å². The lowest BCUT2D eigenvalue weighted by molar-refractivity contribution is 0.435. The van der Waals surface area contributed by atoms with E-state index >= 15 is 0 Å². The van der Waals surface area contributed by atoms with Gasteiger partial charge < -0.3 is 5.11 Å². The van der Waals surface area contributed by atoms with E-state index in [1.807, 2.05) is 30.3 Å². The molecule has 1 N–H and O–H groups in total. The average molecular weight is 368 g/mol. The molecule has 0 atom stereocenters. The fraction of sp³-hybridized carbons (Fsp3) is 0.160. The molecular formula is C25H24N2O. The summed E-state index contributed by atoms with van der Waals surface area (Å²) in [5.74, 6) is 0.156. The predicted octanol–water partition coefficient (Wildman–Crippen LogP) is 6.15. The molecule has 3 heteroatoms. The minimum absolute atomic E-state index is 0.156. The van der Waals surface area contributed by atoms with Crippen LogP contribution in [0.1, 0.15) is 22.3 Å². The van der Waals surface area contributed by atoms with Crippen LogP contribution in [0, 0.1) is 27.7 Å². The van der Waals surface area contributed by atoms with E-state index in [1.54, 1.807) is 4.68 Å². The third-order valence-corrected chi connectivity index (χ3v) is 5.23. The van der Waals surface area contributed by atoms with Crippen LogP contribution in [0.3, 0.4) is 0 Å². The van der Waals surface area contributed by atoms with E-state index in [-0.39, 0.29) is 5.88 Å². The highest BCUT2D eigenvalue weighted by molar-refractivity contribution is 5.85. The molecule has 0 unspecified atom stereocenters. The highest BCUT2D eigenvalue weighted by Gasteiger charge is 2.21. The molecule has 0 amide bonds. The van der Waals surface area contributed by atoms with Gasteiger partial charge in [0.25, 0.3) is 0 Å². The van der Waals surface area contributed by atoms with Gasteiger partial charge in [0.2, 0.25) is 5.88 Å². The summed E-state index contributed by atoms with van der Waals surface area (Å²) in [5.41, 5.74) is 9.06. The molecule has 140 valence electrons. The van der Waals surface area contributed by atoms with Crippen molar-refractivity contribution in [2.24, 2.45) is 0 Å². The molecule has 28 heavy (non-hydrogen) atoms. The van der Waals surface area contributed by atoms with Gasteiger partial charge in [0, 0.05) is 5.56 Å². The first-order chi connectivity index (χ1) is 13.4. The number of nitrogens with zero attached hydrogens (tertiary/aromatic N) is 2. The lowest BCUT2D eigenvalue weighted by Gasteiger charge is -2.07. The van der Waals surface area contributed by atoms with Crippen molar-refractivity contribution < 1.29 is 5.11 Å². The molecule has 0 saturated heterocycles. The number of rotatable bonds is 3. The Morgan fingerprint density at radius 2 is 1.46 bits per heavy atom. The molecule has 4 aromatic rings. The fourth-order valence-corrected chi connectivity index (χ4v) is 3.43. The summed E-state index contributed by atoms with van der Waals surface area (Å²) in [6.45, 7) is 8.28. The molecular weight excluding hydrogens is 344 g/mol. The summed E-state index contributed by atoms with van der Waals surface area (Å²) in [6.07, 6.45) is 0. The van der Waals surface area contributed by atoms with Gasteiger partial charge in [-0.25, -0.2) is 4.68 Å². The molecule has 3 nitrogen and oxygen atoms in total. The second-order valence-corrected chi connectivity index (χ2v) is 7.46.